The minimum Gasteiger partial charge on any atom is -0.353 e. The summed E-state index contributed by atoms with van der Waals surface area (Å²) in [5.41, 5.74) is 6.74. The van der Waals surface area contributed by atoms with E-state index in [0.29, 0.717) is 6.42 Å². The second-order valence-electron chi connectivity index (χ2n) is 4.33. The van der Waals surface area contributed by atoms with E-state index in [2.05, 4.69) is 20.9 Å². The van der Waals surface area contributed by atoms with Crippen LogP contribution >= 0.6 is 27.7 Å². The maximum atomic E-state index is 11.7. The van der Waals surface area contributed by atoms with Gasteiger partial charge in [0.1, 0.15) is 5.50 Å². The zero-order valence-electron chi connectivity index (χ0n) is 10.9. The molecule has 0 saturated heterocycles. The van der Waals surface area contributed by atoms with Crippen LogP contribution in [0, 0.1) is 0 Å². The van der Waals surface area contributed by atoms with Gasteiger partial charge in [0.25, 0.3) is 0 Å². The fourth-order valence-electron chi connectivity index (χ4n) is 1.76. The summed E-state index contributed by atoms with van der Waals surface area (Å²) in [4.78, 5) is 17.7. The van der Waals surface area contributed by atoms with Crippen LogP contribution in [-0.4, -0.2) is 29.1 Å². The Hall–Kier alpha value is -1.11. The molecule has 0 saturated carbocycles. The SMILES string of the molecule is NC1SC=CN1CCCC(=O)N=Cc1ccccc1Br. The lowest BCUT2D eigenvalue weighted by molar-refractivity contribution is -0.117. The smallest absolute Gasteiger partial charge is 0.245 e. The Kier molecular flexibility index (Phi) is 5.82. The number of carbonyl (C=O) groups excluding carboxylic acids is 1. The van der Waals surface area contributed by atoms with Crippen molar-refractivity contribution in [2.24, 2.45) is 10.7 Å². The predicted molar refractivity (Wildman–Crippen MR) is 87.4 cm³/mol. The Morgan fingerprint density at radius 2 is 2.30 bits per heavy atom. The Morgan fingerprint density at radius 1 is 1.50 bits per heavy atom. The van der Waals surface area contributed by atoms with Gasteiger partial charge in [0.05, 0.1) is 0 Å². The maximum absolute atomic E-state index is 11.7. The molecule has 1 heterocycles. The van der Waals surface area contributed by atoms with Gasteiger partial charge in [0, 0.05) is 35.4 Å². The number of amides is 1. The van der Waals surface area contributed by atoms with Crippen molar-refractivity contribution in [1.29, 1.82) is 0 Å². The van der Waals surface area contributed by atoms with Crippen molar-refractivity contribution in [2.75, 3.05) is 6.54 Å². The van der Waals surface area contributed by atoms with Gasteiger partial charge in [0.15, 0.2) is 0 Å². The van der Waals surface area contributed by atoms with E-state index in [-0.39, 0.29) is 11.4 Å². The number of aliphatic imine (C=N–C) groups is 1. The normalized spacial score (nSPS) is 18.1. The molecule has 0 fully saturated rings. The first kappa shape index (κ1) is 15.3. The third-order valence-electron chi connectivity index (χ3n) is 2.86. The summed E-state index contributed by atoms with van der Waals surface area (Å²) in [5.74, 6) is -0.106. The number of nitrogens with two attached hydrogens (primary N) is 1. The molecule has 1 unspecified atom stereocenters. The lowest BCUT2D eigenvalue weighted by atomic mass is 10.2. The molecule has 0 aromatic heterocycles. The first-order valence-corrected chi connectivity index (χ1v) is 8.05. The molecule has 1 aliphatic rings. The number of rotatable bonds is 5. The van der Waals surface area contributed by atoms with Gasteiger partial charge in [-0.25, -0.2) is 4.99 Å². The average Bonchev–Trinajstić information content (AvgIpc) is 2.84. The Balaban J connectivity index is 1.75. The Morgan fingerprint density at radius 3 is 3.00 bits per heavy atom. The van der Waals surface area contributed by atoms with Gasteiger partial charge >= 0.3 is 0 Å². The molecule has 1 aliphatic heterocycles. The molecule has 1 atom stereocenters. The lowest BCUT2D eigenvalue weighted by Gasteiger charge is -2.20. The molecular weight excluding hydrogens is 338 g/mol. The van der Waals surface area contributed by atoms with Crippen LogP contribution in [0.4, 0.5) is 0 Å². The van der Waals surface area contributed by atoms with Gasteiger partial charge in [-0.05, 0) is 17.9 Å². The zero-order chi connectivity index (χ0) is 14.4. The lowest BCUT2D eigenvalue weighted by Crippen LogP contribution is -2.33. The monoisotopic (exact) mass is 353 g/mol. The minimum atomic E-state index is -0.106. The molecule has 6 heteroatoms. The largest absolute Gasteiger partial charge is 0.353 e. The van der Waals surface area contributed by atoms with Crippen LogP contribution in [0.3, 0.4) is 0 Å². The fraction of sp³-hybridized carbons (Fsp3) is 0.286. The number of benzene rings is 1. The van der Waals surface area contributed by atoms with E-state index in [0.717, 1.165) is 23.0 Å². The Labute approximate surface area is 131 Å². The van der Waals surface area contributed by atoms with Crippen LogP contribution < -0.4 is 5.73 Å². The number of halogens is 1. The standard InChI is InChI=1S/C14H16BrN3OS/c15-12-5-2-1-4-11(12)10-17-13(19)6-3-7-18-8-9-20-14(18)16/h1-2,4-5,8-10,14H,3,6-7,16H2. The highest BCUT2D eigenvalue weighted by molar-refractivity contribution is 9.10. The molecule has 20 heavy (non-hydrogen) atoms. The molecule has 1 amide bonds. The number of thioether (sulfide) groups is 1. The topological polar surface area (TPSA) is 58.7 Å². The van der Waals surface area contributed by atoms with E-state index in [1.54, 1.807) is 18.0 Å². The average molecular weight is 354 g/mol. The summed E-state index contributed by atoms with van der Waals surface area (Å²) in [5, 5.41) is 1.97. The Bertz CT molecular complexity index is 533. The molecule has 0 spiro atoms. The number of hydrogen-bond donors (Lipinski definition) is 1. The van der Waals surface area contributed by atoms with E-state index in [1.165, 1.54) is 0 Å². The van der Waals surface area contributed by atoms with Gasteiger partial charge in [-0.15, -0.1) is 0 Å². The summed E-state index contributed by atoms with van der Waals surface area (Å²) < 4.78 is 0.932. The highest BCUT2D eigenvalue weighted by Gasteiger charge is 2.14. The van der Waals surface area contributed by atoms with Gasteiger partial charge in [0.2, 0.25) is 5.91 Å². The second kappa shape index (κ2) is 7.61. The van der Waals surface area contributed by atoms with Crippen LogP contribution in [0.2, 0.25) is 0 Å². The number of carbonyl (C=O) groups is 1. The van der Waals surface area contributed by atoms with E-state index in [9.17, 15) is 4.79 Å². The van der Waals surface area contributed by atoms with Crippen molar-refractivity contribution >= 4 is 39.8 Å². The third kappa shape index (κ3) is 4.47. The summed E-state index contributed by atoms with van der Waals surface area (Å²) in [7, 11) is 0. The van der Waals surface area contributed by atoms with Crippen molar-refractivity contribution in [3.8, 4) is 0 Å². The third-order valence-corrected chi connectivity index (χ3v) is 4.41. The summed E-state index contributed by atoms with van der Waals surface area (Å²) >= 11 is 4.99. The summed E-state index contributed by atoms with van der Waals surface area (Å²) in [6.45, 7) is 0.779. The summed E-state index contributed by atoms with van der Waals surface area (Å²) in [6, 6.07) is 7.67. The number of hydrogen-bond acceptors (Lipinski definition) is 4. The van der Waals surface area contributed by atoms with Crippen LogP contribution in [0.1, 0.15) is 18.4 Å². The first-order chi connectivity index (χ1) is 9.66. The van der Waals surface area contributed by atoms with Gasteiger partial charge < -0.3 is 10.6 Å². The second-order valence-corrected chi connectivity index (χ2v) is 6.21. The first-order valence-electron chi connectivity index (χ1n) is 6.32. The van der Waals surface area contributed by atoms with E-state index in [1.807, 2.05) is 40.8 Å². The van der Waals surface area contributed by atoms with Crippen molar-refractivity contribution in [1.82, 2.24) is 4.90 Å². The van der Waals surface area contributed by atoms with Crippen molar-refractivity contribution in [2.45, 2.75) is 18.3 Å². The molecule has 1 aromatic carbocycles. The van der Waals surface area contributed by atoms with Crippen molar-refractivity contribution in [3.63, 3.8) is 0 Å². The summed E-state index contributed by atoms with van der Waals surface area (Å²) in [6.07, 6.45) is 4.75. The molecule has 1 aromatic rings. The quantitative estimate of drug-likeness (QED) is 0.826. The minimum absolute atomic E-state index is 0.0196. The van der Waals surface area contributed by atoms with E-state index >= 15 is 0 Å². The van der Waals surface area contributed by atoms with Crippen molar-refractivity contribution < 1.29 is 4.79 Å². The maximum Gasteiger partial charge on any atom is 0.245 e. The van der Waals surface area contributed by atoms with E-state index < -0.39 is 0 Å². The van der Waals surface area contributed by atoms with Crippen LogP contribution in [-0.2, 0) is 4.79 Å². The van der Waals surface area contributed by atoms with Crippen LogP contribution in [0.25, 0.3) is 0 Å². The molecule has 2 rings (SSSR count). The van der Waals surface area contributed by atoms with Gasteiger partial charge in [-0.3, -0.25) is 4.79 Å². The van der Waals surface area contributed by atoms with Gasteiger partial charge in [-0.2, -0.15) is 0 Å². The molecule has 4 nitrogen and oxygen atoms in total. The van der Waals surface area contributed by atoms with Gasteiger partial charge in [-0.1, -0.05) is 45.9 Å². The number of nitrogens with zero attached hydrogens (tertiary/aromatic N) is 2. The molecule has 106 valence electrons. The van der Waals surface area contributed by atoms with Crippen LogP contribution in [0.5, 0.6) is 0 Å². The molecule has 0 bridgehead atoms. The fourth-order valence-corrected chi connectivity index (χ4v) is 2.86. The molecule has 2 N–H and O–H groups in total. The molecule has 0 radical (unpaired) electrons. The van der Waals surface area contributed by atoms with Crippen molar-refractivity contribution in [3.05, 3.63) is 45.9 Å². The zero-order valence-corrected chi connectivity index (χ0v) is 13.3. The van der Waals surface area contributed by atoms with E-state index in [4.69, 9.17) is 5.73 Å². The highest BCUT2D eigenvalue weighted by Crippen LogP contribution is 2.20. The van der Waals surface area contributed by atoms with Crippen LogP contribution in [0.15, 0.2) is 45.3 Å². The highest BCUT2D eigenvalue weighted by atomic mass is 79.9. The molecule has 0 aliphatic carbocycles. The molecular formula is C14H16BrN3OS. The predicted octanol–water partition coefficient (Wildman–Crippen LogP) is 2.94.